The van der Waals surface area contributed by atoms with Crippen LogP contribution in [0.2, 0.25) is 0 Å². The van der Waals surface area contributed by atoms with Crippen molar-refractivity contribution in [3.8, 4) is 0 Å². The van der Waals surface area contributed by atoms with E-state index in [4.69, 9.17) is 2.85 Å². The molecular formula is H3CaInOTi. The molecule has 0 aliphatic carbocycles. The molecule has 0 bridgehead atoms. The summed E-state index contributed by atoms with van der Waals surface area (Å²) in [4.78, 5) is 0. The fourth-order valence-electron chi connectivity index (χ4n) is 0. The molecule has 0 fully saturated rings. The maximum Gasteiger partial charge on any atom is 0 e. The first-order chi connectivity index (χ1) is 1.00. The van der Waals surface area contributed by atoms with Crippen molar-refractivity contribution < 1.29 is 24.6 Å². The molecule has 0 aromatic carbocycles. The Bertz CT molecular complexity index is 8.00. The maximum atomic E-state index is 8.42. The second-order valence-corrected chi connectivity index (χ2v) is 0. The van der Waals surface area contributed by atoms with Gasteiger partial charge in [0.05, 0.1) is 0 Å². The van der Waals surface area contributed by atoms with Gasteiger partial charge in [-0.05, 0) is 0 Å². The van der Waals surface area contributed by atoms with E-state index < -0.39 is 0 Å². The van der Waals surface area contributed by atoms with Crippen molar-refractivity contribution in [2.75, 3.05) is 0 Å². The first-order valence-corrected chi connectivity index (χ1v) is 1.94. The molecule has 0 aliphatic heterocycles. The average Bonchev–Trinajstić information content (AvgIpc) is 1.00. The summed E-state index contributed by atoms with van der Waals surface area (Å²) in [5, 5.41) is 0. The second-order valence-electron chi connectivity index (χ2n) is 0. The fraction of sp³-hybridized carbons (Fsp3) is 0. The van der Waals surface area contributed by atoms with Crippen molar-refractivity contribution in [1.29, 1.82) is 0 Å². The summed E-state index contributed by atoms with van der Waals surface area (Å²) in [6.07, 6.45) is 0. The molecule has 0 atom stereocenters. The van der Waals surface area contributed by atoms with Crippen LogP contribution in [0.1, 0.15) is 0 Å². The van der Waals surface area contributed by atoms with Crippen LogP contribution in [0.15, 0.2) is 0 Å². The molecular weight excluding hydrogens is 219 g/mol. The molecule has 0 rings (SSSR count). The monoisotopic (exact) mass is 222 g/mol. The zero-order valence-corrected chi connectivity index (χ0v) is 7.21. The minimum absolute atomic E-state index is 0. The van der Waals surface area contributed by atoms with Crippen molar-refractivity contribution >= 4 is 62.1 Å². The molecule has 0 unspecified atom stereocenters. The number of rotatable bonds is 0. The van der Waals surface area contributed by atoms with Crippen LogP contribution in [0.5, 0.6) is 0 Å². The van der Waals surface area contributed by atoms with Crippen LogP contribution in [0.3, 0.4) is 0 Å². The van der Waals surface area contributed by atoms with Gasteiger partial charge in [-0.2, -0.15) is 0 Å². The Morgan fingerprint density at radius 2 is 1.25 bits per heavy atom. The summed E-state index contributed by atoms with van der Waals surface area (Å²) < 4.78 is 8.42. The first-order valence-electron chi connectivity index (χ1n) is 0.289. The largest absolute Gasteiger partial charge is 0 e. The van der Waals surface area contributed by atoms with Gasteiger partial charge in [0, 0.05) is 21.7 Å². The zero-order chi connectivity index (χ0) is 2.00. The van der Waals surface area contributed by atoms with Crippen LogP contribution in [0.25, 0.3) is 0 Å². The molecule has 0 aromatic heterocycles. The van der Waals surface area contributed by atoms with E-state index in [0.717, 1.165) is 0 Å². The molecule has 4 heavy (non-hydrogen) atoms. The van der Waals surface area contributed by atoms with Gasteiger partial charge in [-0.1, -0.05) is 0 Å². The Balaban J connectivity index is -0.00000000500. The average molecular weight is 222 g/mol. The van der Waals surface area contributed by atoms with Crippen LogP contribution in [-0.2, 0) is 24.6 Å². The third kappa shape index (κ3) is 8.82. The molecule has 0 heterocycles. The summed E-state index contributed by atoms with van der Waals surface area (Å²) in [6, 6.07) is 0. The quantitative estimate of drug-likeness (QED) is 0.447. The van der Waals surface area contributed by atoms with Gasteiger partial charge in [-0.3, -0.25) is 0 Å². The first kappa shape index (κ1) is 15.9. The Kier molecular flexibility index (Phi) is 69.4. The predicted octanol–water partition coefficient (Wildman–Crippen LogP) is -1.69. The van der Waals surface area contributed by atoms with E-state index in [2.05, 4.69) is 0 Å². The minimum atomic E-state index is -0.1000. The molecule has 0 saturated carbocycles. The molecule has 4 heteroatoms. The van der Waals surface area contributed by atoms with Crippen molar-refractivity contribution in [2.45, 2.75) is 0 Å². The summed E-state index contributed by atoms with van der Waals surface area (Å²) in [5.41, 5.74) is 0. The molecule has 0 aromatic rings. The van der Waals surface area contributed by atoms with Crippen LogP contribution < -0.4 is 0 Å². The minimum Gasteiger partial charge on any atom is 0 e. The smallest absolute Gasteiger partial charge is 0 e. The van der Waals surface area contributed by atoms with Gasteiger partial charge in [0.1, 0.15) is 0 Å². The molecule has 0 spiro atoms. The maximum absolute atomic E-state index is 8.42. The third-order valence-corrected chi connectivity index (χ3v) is 0. The Morgan fingerprint density at radius 1 is 1.25 bits per heavy atom. The van der Waals surface area contributed by atoms with Crippen LogP contribution in [0, 0.1) is 0 Å². The van der Waals surface area contributed by atoms with Crippen LogP contribution in [0.4, 0.5) is 0 Å². The molecule has 1 nitrogen and oxygen atoms in total. The zero-order valence-electron chi connectivity index (χ0n) is 1.62. The van der Waals surface area contributed by atoms with E-state index in [0.29, 0.717) is 0 Å². The van der Waals surface area contributed by atoms with Gasteiger partial charge in [-0.25, -0.2) is 0 Å². The molecule has 18 valence electrons. The molecule has 0 aliphatic rings. The molecule has 0 saturated heterocycles. The van der Waals surface area contributed by atoms with Crippen LogP contribution >= 0.6 is 0 Å². The predicted molar refractivity (Wildman–Crippen MR) is 16.4 cm³/mol. The van der Waals surface area contributed by atoms with Crippen molar-refractivity contribution in [2.24, 2.45) is 0 Å². The Hall–Kier alpha value is 2.64. The standard InChI is InChI=1S/Ca.In.O.Ti.3H. The second kappa shape index (κ2) is 17.4. The third-order valence-electron chi connectivity index (χ3n) is 0. The molecule has 0 radical (unpaired) electrons. The van der Waals surface area contributed by atoms with Gasteiger partial charge in [0.2, 0.25) is 0 Å². The van der Waals surface area contributed by atoms with Crippen molar-refractivity contribution in [1.82, 2.24) is 0 Å². The van der Waals surface area contributed by atoms with Crippen molar-refractivity contribution in [3.05, 3.63) is 0 Å². The van der Waals surface area contributed by atoms with Gasteiger partial charge in [-0.15, -0.1) is 0 Å². The summed E-state index contributed by atoms with van der Waals surface area (Å²) in [5.74, 6) is 0. The van der Waals surface area contributed by atoms with E-state index in [-0.39, 0.29) is 83.8 Å². The SMILES string of the molecule is [CaH2].[O]=[InH].[Ti]. The Morgan fingerprint density at radius 3 is 1.25 bits per heavy atom. The van der Waals surface area contributed by atoms with E-state index in [1.54, 1.807) is 0 Å². The van der Waals surface area contributed by atoms with Gasteiger partial charge in [0.25, 0.3) is 0 Å². The van der Waals surface area contributed by atoms with Gasteiger partial charge >= 0.3 is 65.0 Å². The van der Waals surface area contributed by atoms with E-state index in [1.165, 1.54) is 0 Å². The van der Waals surface area contributed by atoms with Gasteiger partial charge < -0.3 is 0 Å². The number of hydrogen-bond acceptors (Lipinski definition) is 1. The van der Waals surface area contributed by atoms with Crippen molar-refractivity contribution in [3.63, 3.8) is 0 Å². The van der Waals surface area contributed by atoms with Crippen LogP contribution in [-0.4, -0.2) is 62.1 Å². The summed E-state index contributed by atoms with van der Waals surface area (Å²) >= 11 is -0.1000. The summed E-state index contributed by atoms with van der Waals surface area (Å²) in [7, 11) is 0. The topological polar surface area (TPSA) is 17.1 Å². The number of hydrogen-bond donors (Lipinski definition) is 0. The molecule has 0 amide bonds. The molecule has 0 N–H and O–H groups in total. The van der Waals surface area contributed by atoms with E-state index in [9.17, 15) is 0 Å². The van der Waals surface area contributed by atoms with E-state index in [1.807, 2.05) is 0 Å². The Labute approximate surface area is 84.8 Å². The fourth-order valence-corrected chi connectivity index (χ4v) is 0. The normalized spacial score (nSPS) is 0.750. The van der Waals surface area contributed by atoms with Gasteiger partial charge in [0.15, 0.2) is 0 Å². The summed E-state index contributed by atoms with van der Waals surface area (Å²) in [6.45, 7) is 0. The van der Waals surface area contributed by atoms with E-state index >= 15 is 0 Å².